The van der Waals surface area contributed by atoms with Crippen molar-refractivity contribution < 1.29 is 8.42 Å². The molecular formula is C16H26N6O2S2. The zero-order valence-corrected chi connectivity index (χ0v) is 17.4. The standard InChI is InChI=1S/C16H26N6O2S2/c1-5-10-26(23,24)21-9-8-13-12(11-21)14(19-20(13)4)15-17-18-16(25-7-3)22(15)6-2/h5-11H2,1-4H3. The van der Waals surface area contributed by atoms with Gasteiger partial charge >= 0.3 is 0 Å². The van der Waals surface area contributed by atoms with Gasteiger partial charge in [-0.3, -0.25) is 4.68 Å². The van der Waals surface area contributed by atoms with Gasteiger partial charge in [-0.15, -0.1) is 10.2 Å². The Morgan fingerprint density at radius 3 is 2.62 bits per heavy atom. The SMILES string of the molecule is CCCS(=O)(=O)N1CCc2c(c(-c3nnc(SCC)n3CC)nn2C)C1. The van der Waals surface area contributed by atoms with E-state index >= 15 is 0 Å². The first-order valence-corrected chi connectivity index (χ1v) is 11.6. The van der Waals surface area contributed by atoms with Crippen LogP contribution in [0, 0.1) is 0 Å². The molecule has 0 N–H and O–H groups in total. The summed E-state index contributed by atoms with van der Waals surface area (Å²) in [4.78, 5) is 0. The van der Waals surface area contributed by atoms with Crippen LogP contribution in [0.4, 0.5) is 0 Å². The van der Waals surface area contributed by atoms with Gasteiger partial charge in [-0.1, -0.05) is 25.6 Å². The van der Waals surface area contributed by atoms with Gasteiger partial charge < -0.3 is 4.57 Å². The minimum Gasteiger partial charge on any atom is -0.301 e. The molecule has 0 spiro atoms. The summed E-state index contributed by atoms with van der Waals surface area (Å²) in [5.74, 6) is 1.82. The van der Waals surface area contributed by atoms with Gasteiger partial charge in [0.1, 0.15) is 5.69 Å². The summed E-state index contributed by atoms with van der Waals surface area (Å²) in [6.45, 7) is 7.63. The molecule has 0 fully saturated rings. The van der Waals surface area contributed by atoms with E-state index in [2.05, 4.69) is 33.7 Å². The molecule has 0 bridgehead atoms. The molecule has 1 aliphatic heterocycles. The van der Waals surface area contributed by atoms with E-state index in [9.17, 15) is 8.42 Å². The Balaban J connectivity index is 2.03. The number of aryl methyl sites for hydroxylation is 1. The van der Waals surface area contributed by atoms with Gasteiger partial charge in [0.05, 0.1) is 5.75 Å². The molecule has 0 atom stereocenters. The maximum absolute atomic E-state index is 12.5. The number of sulfonamides is 1. The Morgan fingerprint density at radius 2 is 1.96 bits per heavy atom. The third-order valence-electron chi connectivity index (χ3n) is 4.58. The lowest BCUT2D eigenvalue weighted by molar-refractivity contribution is 0.386. The van der Waals surface area contributed by atoms with Crippen LogP contribution in [0.3, 0.4) is 0 Å². The maximum Gasteiger partial charge on any atom is 0.214 e. The van der Waals surface area contributed by atoms with Gasteiger partial charge in [0.2, 0.25) is 10.0 Å². The van der Waals surface area contributed by atoms with Crippen molar-refractivity contribution in [2.24, 2.45) is 7.05 Å². The number of aromatic nitrogens is 5. The average molecular weight is 399 g/mol. The highest BCUT2D eigenvalue weighted by Gasteiger charge is 2.32. The minimum absolute atomic E-state index is 0.181. The van der Waals surface area contributed by atoms with Crippen molar-refractivity contribution in [1.82, 2.24) is 28.9 Å². The van der Waals surface area contributed by atoms with Crippen LogP contribution in [0.5, 0.6) is 0 Å². The Hall–Kier alpha value is -1.39. The van der Waals surface area contributed by atoms with Gasteiger partial charge in [0.15, 0.2) is 11.0 Å². The molecule has 0 amide bonds. The smallest absolute Gasteiger partial charge is 0.214 e. The van der Waals surface area contributed by atoms with E-state index < -0.39 is 10.0 Å². The molecular weight excluding hydrogens is 372 g/mol. The molecule has 0 aliphatic carbocycles. The summed E-state index contributed by atoms with van der Waals surface area (Å²) < 4.78 is 30.5. The second-order valence-electron chi connectivity index (χ2n) is 6.28. The first kappa shape index (κ1) is 19.4. The molecule has 0 saturated carbocycles. The fourth-order valence-corrected chi connectivity index (χ4v) is 5.55. The van der Waals surface area contributed by atoms with E-state index in [1.807, 2.05) is 18.7 Å². The molecule has 0 radical (unpaired) electrons. The predicted molar refractivity (Wildman–Crippen MR) is 102 cm³/mol. The van der Waals surface area contributed by atoms with E-state index in [1.165, 1.54) is 0 Å². The van der Waals surface area contributed by atoms with Gasteiger partial charge in [-0.2, -0.15) is 9.40 Å². The number of rotatable bonds is 7. The van der Waals surface area contributed by atoms with Gasteiger partial charge in [0.25, 0.3) is 0 Å². The van der Waals surface area contributed by atoms with Crippen molar-refractivity contribution in [2.75, 3.05) is 18.1 Å². The first-order chi connectivity index (χ1) is 12.4. The number of hydrogen-bond donors (Lipinski definition) is 0. The number of fused-ring (bicyclic) bond motifs is 1. The van der Waals surface area contributed by atoms with Crippen LogP contribution in [-0.4, -0.2) is 55.3 Å². The maximum atomic E-state index is 12.5. The molecule has 1 aliphatic rings. The van der Waals surface area contributed by atoms with E-state index in [0.29, 0.717) is 25.9 Å². The summed E-state index contributed by atoms with van der Waals surface area (Å²) in [6.07, 6.45) is 1.28. The van der Waals surface area contributed by atoms with E-state index in [-0.39, 0.29) is 5.75 Å². The van der Waals surface area contributed by atoms with Crippen molar-refractivity contribution in [1.29, 1.82) is 0 Å². The molecule has 8 nitrogen and oxygen atoms in total. The summed E-state index contributed by atoms with van der Waals surface area (Å²) in [5.41, 5.74) is 2.78. The molecule has 10 heteroatoms. The lowest BCUT2D eigenvalue weighted by Gasteiger charge is -2.26. The molecule has 2 aromatic heterocycles. The molecule has 3 heterocycles. The molecule has 3 rings (SSSR count). The second-order valence-corrected chi connectivity index (χ2v) is 9.60. The monoisotopic (exact) mass is 398 g/mol. The lowest BCUT2D eigenvalue weighted by Crippen LogP contribution is -2.37. The van der Waals surface area contributed by atoms with Crippen molar-refractivity contribution in [3.63, 3.8) is 0 Å². The zero-order chi connectivity index (χ0) is 18.9. The summed E-state index contributed by atoms with van der Waals surface area (Å²) in [5, 5.41) is 14.2. The Kier molecular flexibility index (Phi) is 5.73. The topological polar surface area (TPSA) is 85.9 Å². The summed E-state index contributed by atoms with van der Waals surface area (Å²) in [6, 6.07) is 0. The van der Waals surface area contributed by atoms with Crippen LogP contribution >= 0.6 is 11.8 Å². The molecule has 0 aromatic carbocycles. The van der Waals surface area contributed by atoms with Crippen LogP contribution in [0.25, 0.3) is 11.5 Å². The van der Waals surface area contributed by atoms with Gasteiger partial charge in [-0.25, -0.2) is 8.42 Å². The first-order valence-electron chi connectivity index (χ1n) is 9.01. The molecule has 26 heavy (non-hydrogen) atoms. The third kappa shape index (κ3) is 3.41. The third-order valence-corrected chi connectivity index (χ3v) is 7.45. The highest BCUT2D eigenvalue weighted by atomic mass is 32.2. The fraction of sp³-hybridized carbons (Fsp3) is 0.688. The Bertz CT molecular complexity index is 887. The molecule has 144 valence electrons. The number of hydrogen-bond acceptors (Lipinski definition) is 6. The summed E-state index contributed by atoms with van der Waals surface area (Å²) in [7, 11) is -1.33. The van der Waals surface area contributed by atoms with E-state index in [4.69, 9.17) is 0 Å². The zero-order valence-electron chi connectivity index (χ0n) is 15.8. The van der Waals surface area contributed by atoms with E-state index in [0.717, 1.165) is 40.2 Å². The van der Waals surface area contributed by atoms with Gasteiger partial charge in [-0.05, 0) is 19.1 Å². The van der Waals surface area contributed by atoms with Gasteiger partial charge in [0, 0.05) is 44.4 Å². The predicted octanol–water partition coefficient (Wildman–Crippen LogP) is 1.91. The van der Waals surface area contributed by atoms with Crippen molar-refractivity contribution in [3.05, 3.63) is 11.3 Å². The minimum atomic E-state index is -3.24. The highest BCUT2D eigenvalue weighted by molar-refractivity contribution is 7.99. The van der Waals surface area contributed by atoms with Crippen LogP contribution in [0.15, 0.2) is 5.16 Å². The Labute approximate surface area is 159 Å². The van der Waals surface area contributed by atoms with Crippen molar-refractivity contribution in [2.45, 2.75) is 51.9 Å². The fourth-order valence-electron chi connectivity index (χ4n) is 3.36. The molecule has 0 unspecified atom stereocenters. The van der Waals surface area contributed by atoms with Crippen LogP contribution in [0.1, 0.15) is 38.4 Å². The summed E-state index contributed by atoms with van der Waals surface area (Å²) >= 11 is 1.65. The van der Waals surface area contributed by atoms with Crippen LogP contribution in [-0.2, 0) is 36.6 Å². The van der Waals surface area contributed by atoms with Crippen molar-refractivity contribution >= 4 is 21.8 Å². The quantitative estimate of drug-likeness (QED) is 0.662. The Morgan fingerprint density at radius 1 is 1.19 bits per heavy atom. The average Bonchev–Trinajstić information content (AvgIpc) is 3.15. The highest BCUT2D eigenvalue weighted by Crippen LogP contribution is 2.31. The van der Waals surface area contributed by atoms with Crippen molar-refractivity contribution in [3.8, 4) is 11.5 Å². The lowest BCUT2D eigenvalue weighted by atomic mass is 10.1. The molecule has 2 aromatic rings. The van der Waals surface area contributed by atoms with E-state index in [1.54, 1.807) is 16.1 Å². The number of thioether (sulfide) groups is 1. The normalized spacial score (nSPS) is 15.4. The van der Waals surface area contributed by atoms with Crippen LogP contribution in [0.2, 0.25) is 0 Å². The van der Waals surface area contributed by atoms with Crippen LogP contribution < -0.4 is 0 Å². The number of nitrogens with zero attached hydrogens (tertiary/aromatic N) is 6. The molecule has 0 saturated heterocycles. The largest absolute Gasteiger partial charge is 0.301 e. The second kappa shape index (κ2) is 7.69.